The van der Waals surface area contributed by atoms with Gasteiger partial charge in [0.05, 0.1) is 23.4 Å². The van der Waals surface area contributed by atoms with Gasteiger partial charge in [-0.2, -0.15) is 0 Å². The first-order valence-electron chi connectivity index (χ1n) is 10.5. The van der Waals surface area contributed by atoms with E-state index < -0.39 is 31.8 Å². The van der Waals surface area contributed by atoms with Crippen LogP contribution in [0.25, 0.3) is 0 Å². The molecule has 0 spiro atoms. The number of ether oxygens (including phenoxy) is 3. The van der Waals surface area contributed by atoms with E-state index in [1.54, 1.807) is 12.1 Å². The molecular formula is C23H31IO7Si. The van der Waals surface area contributed by atoms with Gasteiger partial charge < -0.3 is 23.7 Å². The van der Waals surface area contributed by atoms with Gasteiger partial charge in [0, 0.05) is 6.42 Å². The van der Waals surface area contributed by atoms with Crippen molar-refractivity contribution in [3.8, 4) is 11.5 Å². The number of hydrogen-bond donors (Lipinski definition) is 1. The van der Waals surface area contributed by atoms with Crippen LogP contribution in [0.3, 0.4) is 0 Å². The van der Waals surface area contributed by atoms with E-state index in [-0.39, 0.29) is 33.6 Å². The van der Waals surface area contributed by atoms with Gasteiger partial charge in [0.1, 0.15) is 28.9 Å². The fourth-order valence-corrected chi connectivity index (χ4v) is 5.93. The summed E-state index contributed by atoms with van der Waals surface area (Å²) in [6, 6.07) is 3.22. The van der Waals surface area contributed by atoms with Gasteiger partial charge in [0.15, 0.2) is 8.32 Å². The number of benzene rings is 1. The van der Waals surface area contributed by atoms with Crippen molar-refractivity contribution >= 4 is 42.7 Å². The van der Waals surface area contributed by atoms with Crippen LogP contribution in [0.4, 0.5) is 0 Å². The number of methoxy groups -OCH3 is 2. The molecular weight excluding hydrogens is 543 g/mol. The molecule has 0 aromatic heterocycles. The lowest BCUT2D eigenvalue weighted by Gasteiger charge is -2.51. The number of ketones is 1. The van der Waals surface area contributed by atoms with Crippen LogP contribution in [-0.2, 0) is 18.7 Å². The smallest absolute Gasteiger partial charge is 0.358 e. The number of fused-ring (bicyclic) bond motifs is 2. The first-order chi connectivity index (χ1) is 14.7. The van der Waals surface area contributed by atoms with Crippen LogP contribution in [0.1, 0.15) is 44.5 Å². The summed E-state index contributed by atoms with van der Waals surface area (Å²) in [5.74, 6) is -1.17. The number of allylic oxidation sites excluding steroid dienone is 1. The van der Waals surface area contributed by atoms with Crippen LogP contribution in [-0.4, -0.2) is 51.1 Å². The number of halogens is 1. The number of esters is 1. The summed E-state index contributed by atoms with van der Waals surface area (Å²) in [4.78, 5) is 27.3. The standard InChI is InChI=1S/C23H31IO7Si/c1-12-11-15(28-5)17-19(26)16-14(10-9-13(24)18(16)25)30-23(17,21(27)29-6)20(12)31-32(7,8)22(2,3)4/h9-10,12,20,25H,11H2,1-8H3/t12-,20-,23+/m1/s1. The highest BCUT2D eigenvalue weighted by Crippen LogP contribution is 2.52. The number of hydrogen-bond acceptors (Lipinski definition) is 7. The summed E-state index contributed by atoms with van der Waals surface area (Å²) in [7, 11) is 0.330. The fourth-order valence-electron chi connectivity index (χ4n) is 4.10. The number of rotatable bonds is 4. The molecule has 1 heterocycles. The number of aromatic hydroxyl groups is 1. The highest BCUT2D eigenvalue weighted by molar-refractivity contribution is 14.1. The van der Waals surface area contributed by atoms with E-state index in [9.17, 15) is 14.7 Å². The Kier molecular flexibility index (Phi) is 6.51. The molecule has 1 aromatic carbocycles. The number of Topliss-reactive ketones (excluding diaryl/α,β-unsaturated/α-hetero) is 1. The Morgan fingerprint density at radius 3 is 2.44 bits per heavy atom. The van der Waals surface area contributed by atoms with Crippen LogP contribution in [0.15, 0.2) is 23.5 Å². The zero-order valence-corrected chi connectivity index (χ0v) is 22.9. The van der Waals surface area contributed by atoms with Crippen LogP contribution in [0.5, 0.6) is 11.5 Å². The van der Waals surface area contributed by atoms with Crippen molar-refractivity contribution < 1.29 is 33.3 Å². The van der Waals surface area contributed by atoms with Crippen molar-refractivity contribution in [3.63, 3.8) is 0 Å². The number of phenols is 1. The maximum Gasteiger partial charge on any atom is 0.358 e. The van der Waals surface area contributed by atoms with Crippen molar-refractivity contribution in [2.24, 2.45) is 5.92 Å². The van der Waals surface area contributed by atoms with E-state index >= 15 is 0 Å². The molecule has 0 unspecified atom stereocenters. The first kappa shape index (κ1) is 25.0. The van der Waals surface area contributed by atoms with Gasteiger partial charge >= 0.3 is 5.97 Å². The molecule has 0 amide bonds. The molecule has 0 radical (unpaired) electrons. The van der Waals surface area contributed by atoms with E-state index in [0.29, 0.717) is 15.8 Å². The van der Waals surface area contributed by atoms with Gasteiger partial charge in [-0.05, 0) is 58.8 Å². The predicted octanol–water partition coefficient (Wildman–Crippen LogP) is 4.81. The summed E-state index contributed by atoms with van der Waals surface area (Å²) in [5, 5.41) is 10.5. The van der Waals surface area contributed by atoms with E-state index in [1.807, 2.05) is 29.5 Å². The van der Waals surface area contributed by atoms with Crippen molar-refractivity contribution in [1.29, 1.82) is 0 Å². The molecule has 9 heteroatoms. The van der Waals surface area contributed by atoms with Crippen molar-refractivity contribution in [1.82, 2.24) is 0 Å². The molecule has 1 N–H and O–H groups in total. The molecule has 176 valence electrons. The normalized spacial score (nSPS) is 25.6. The zero-order chi connectivity index (χ0) is 24.2. The van der Waals surface area contributed by atoms with Gasteiger partial charge in [-0.15, -0.1) is 0 Å². The van der Waals surface area contributed by atoms with Gasteiger partial charge in [-0.25, -0.2) is 4.79 Å². The second-order valence-electron chi connectivity index (χ2n) is 9.91. The zero-order valence-electron chi connectivity index (χ0n) is 19.8. The molecule has 0 bridgehead atoms. The Bertz CT molecular complexity index is 995. The van der Waals surface area contributed by atoms with Crippen molar-refractivity contribution in [2.75, 3.05) is 14.2 Å². The monoisotopic (exact) mass is 574 g/mol. The lowest BCUT2D eigenvalue weighted by Crippen LogP contribution is -2.66. The fraction of sp³-hybridized carbons (Fsp3) is 0.565. The van der Waals surface area contributed by atoms with Crippen LogP contribution in [0.2, 0.25) is 18.1 Å². The lowest BCUT2D eigenvalue weighted by molar-refractivity contribution is -0.169. The van der Waals surface area contributed by atoms with Gasteiger partial charge in [0.25, 0.3) is 5.60 Å². The molecule has 1 aromatic rings. The molecule has 3 atom stereocenters. The molecule has 0 saturated carbocycles. The summed E-state index contributed by atoms with van der Waals surface area (Å²) in [6.07, 6.45) is -0.387. The Morgan fingerprint density at radius 2 is 1.91 bits per heavy atom. The average molecular weight is 574 g/mol. The molecule has 7 nitrogen and oxygen atoms in total. The average Bonchev–Trinajstić information content (AvgIpc) is 2.70. The van der Waals surface area contributed by atoms with Crippen LogP contribution < -0.4 is 4.74 Å². The highest BCUT2D eigenvalue weighted by Gasteiger charge is 2.65. The molecule has 3 rings (SSSR count). The largest absolute Gasteiger partial charge is 0.506 e. The van der Waals surface area contributed by atoms with Crippen molar-refractivity contribution in [2.45, 2.75) is 64.0 Å². The number of phenolic OH excluding ortho intramolecular Hbond substituents is 1. The maximum atomic E-state index is 13.8. The molecule has 0 saturated heterocycles. The molecule has 2 aliphatic rings. The van der Waals surface area contributed by atoms with Gasteiger partial charge in [-0.3, -0.25) is 4.79 Å². The van der Waals surface area contributed by atoms with Crippen molar-refractivity contribution in [3.05, 3.63) is 32.6 Å². The molecule has 1 aliphatic carbocycles. The van der Waals surface area contributed by atoms with E-state index in [0.717, 1.165) is 0 Å². The SMILES string of the molecule is COC(=O)[C@]12Oc3ccc(I)c(O)c3C(=O)C1=C(OC)C[C@@H](C)[C@H]2O[Si](C)(C)C(C)(C)C. The second-order valence-corrected chi connectivity index (χ2v) is 15.8. The minimum absolute atomic E-state index is 0.0154. The third kappa shape index (κ3) is 3.65. The lowest BCUT2D eigenvalue weighted by atomic mass is 9.70. The second kappa shape index (κ2) is 8.32. The Morgan fingerprint density at radius 1 is 1.28 bits per heavy atom. The molecule has 1 aliphatic heterocycles. The minimum Gasteiger partial charge on any atom is -0.506 e. The minimum atomic E-state index is -2.39. The third-order valence-electron chi connectivity index (χ3n) is 6.85. The highest BCUT2D eigenvalue weighted by atomic mass is 127. The van der Waals surface area contributed by atoms with E-state index in [4.69, 9.17) is 18.6 Å². The predicted molar refractivity (Wildman–Crippen MR) is 130 cm³/mol. The Labute approximate surface area is 203 Å². The summed E-state index contributed by atoms with van der Waals surface area (Å²) >= 11 is 1.95. The Hall–Kier alpha value is -1.59. The topological polar surface area (TPSA) is 91.3 Å². The van der Waals surface area contributed by atoms with Gasteiger partial charge in [0.2, 0.25) is 5.78 Å². The van der Waals surface area contributed by atoms with E-state index in [2.05, 4.69) is 33.9 Å². The maximum absolute atomic E-state index is 13.8. The summed E-state index contributed by atoms with van der Waals surface area (Å²) < 4.78 is 24.4. The number of carbonyl (C=O) groups is 2. The first-order valence-corrected chi connectivity index (χ1v) is 14.5. The summed E-state index contributed by atoms with van der Waals surface area (Å²) in [5.41, 5.74) is -1.78. The quantitative estimate of drug-likeness (QED) is 0.314. The third-order valence-corrected chi connectivity index (χ3v) is 12.2. The van der Waals surface area contributed by atoms with Crippen LogP contribution >= 0.6 is 22.6 Å². The molecule has 32 heavy (non-hydrogen) atoms. The number of carbonyl (C=O) groups excluding carboxylic acids is 2. The van der Waals surface area contributed by atoms with Gasteiger partial charge in [-0.1, -0.05) is 27.7 Å². The Balaban J connectivity index is 2.34. The molecule has 0 fully saturated rings. The van der Waals surface area contributed by atoms with E-state index in [1.165, 1.54) is 14.2 Å². The van der Waals surface area contributed by atoms with Crippen LogP contribution in [0, 0.1) is 9.49 Å². The summed E-state index contributed by atoms with van der Waals surface area (Å²) in [6.45, 7) is 12.5.